The molecule has 2 fully saturated rings. The lowest BCUT2D eigenvalue weighted by atomic mass is 9.86. The van der Waals surface area contributed by atoms with Crippen molar-refractivity contribution in [1.82, 2.24) is 9.88 Å². The number of fused-ring (bicyclic) bond motifs is 3. The Labute approximate surface area is 159 Å². The highest BCUT2D eigenvalue weighted by Gasteiger charge is 2.45. The summed E-state index contributed by atoms with van der Waals surface area (Å²) < 4.78 is 13.1. The minimum absolute atomic E-state index is 0.172. The molecule has 2 saturated heterocycles. The largest absolute Gasteiger partial charge is 0.324 e. The van der Waals surface area contributed by atoms with Crippen molar-refractivity contribution in [3.8, 4) is 0 Å². The molecule has 4 nitrogen and oxygen atoms in total. The lowest BCUT2D eigenvalue weighted by Gasteiger charge is -2.42. The molecule has 2 amide bonds. The third kappa shape index (κ3) is 2.89. The van der Waals surface area contributed by atoms with Crippen molar-refractivity contribution in [2.24, 2.45) is 0 Å². The van der Waals surface area contributed by atoms with Gasteiger partial charge in [-0.15, -0.1) is 0 Å². The van der Waals surface area contributed by atoms with E-state index >= 15 is 0 Å². The monoisotopic (exact) mass is 365 g/mol. The first kappa shape index (κ1) is 16.7. The molecular formula is C22H24FN3O. The minimum Gasteiger partial charge on any atom is -0.318 e. The van der Waals surface area contributed by atoms with Crippen molar-refractivity contribution in [1.29, 1.82) is 0 Å². The van der Waals surface area contributed by atoms with E-state index in [1.54, 1.807) is 6.20 Å². The number of hydrogen-bond acceptors (Lipinski definition) is 2. The van der Waals surface area contributed by atoms with E-state index in [2.05, 4.69) is 28.1 Å². The summed E-state index contributed by atoms with van der Waals surface area (Å²) >= 11 is 0. The maximum atomic E-state index is 13.5. The molecule has 4 heterocycles. The smallest absolute Gasteiger partial charge is 0.318 e. The molecule has 2 bridgehead atoms. The minimum atomic E-state index is -0.432. The topological polar surface area (TPSA) is 36.4 Å². The number of nitrogens with zero attached hydrogens (tertiary/aromatic N) is 3. The van der Waals surface area contributed by atoms with Gasteiger partial charge in [-0.3, -0.25) is 4.90 Å². The number of rotatable bonds is 1. The van der Waals surface area contributed by atoms with E-state index < -0.39 is 5.95 Å². The van der Waals surface area contributed by atoms with Gasteiger partial charge in [0, 0.05) is 30.5 Å². The normalized spacial score (nSPS) is 26.8. The maximum Gasteiger partial charge on any atom is 0.324 e. The van der Waals surface area contributed by atoms with Crippen molar-refractivity contribution in [3.63, 3.8) is 0 Å². The number of pyridine rings is 1. The van der Waals surface area contributed by atoms with Gasteiger partial charge < -0.3 is 4.90 Å². The summed E-state index contributed by atoms with van der Waals surface area (Å²) in [6.45, 7) is 0.803. The molecule has 0 saturated carbocycles. The first-order valence-electron chi connectivity index (χ1n) is 10.00. The predicted octanol–water partition coefficient (Wildman–Crippen LogP) is 4.50. The zero-order chi connectivity index (χ0) is 18.4. The van der Waals surface area contributed by atoms with Crippen molar-refractivity contribution in [3.05, 3.63) is 59.7 Å². The van der Waals surface area contributed by atoms with Crippen molar-refractivity contribution >= 4 is 11.7 Å². The Hall–Kier alpha value is -2.43. The number of aromatic nitrogens is 1. The van der Waals surface area contributed by atoms with Crippen LogP contribution in [0.25, 0.3) is 0 Å². The molecule has 2 aromatic rings. The molecule has 1 aromatic heterocycles. The van der Waals surface area contributed by atoms with E-state index in [4.69, 9.17) is 0 Å². The molecular weight excluding hydrogens is 341 g/mol. The number of aryl methyl sites for hydroxylation is 1. The Balaban J connectivity index is 1.37. The zero-order valence-electron chi connectivity index (χ0n) is 15.4. The number of piperidine rings is 1. The molecule has 0 aliphatic carbocycles. The lowest BCUT2D eigenvalue weighted by molar-refractivity contribution is 0.143. The predicted molar refractivity (Wildman–Crippen MR) is 102 cm³/mol. The Bertz CT molecular complexity index is 839. The highest BCUT2D eigenvalue weighted by molar-refractivity contribution is 5.94. The number of benzene rings is 1. The first-order valence-corrected chi connectivity index (χ1v) is 10.00. The summed E-state index contributed by atoms with van der Waals surface area (Å²) in [7, 11) is 0. The average Bonchev–Trinajstić information content (AvgIpc) is 2.97. The molecule has 2 atom stereocenters. The molecule has 0 spiro atoms. The summed E-state index contributed by atoms with van der Waals surface area (Å²) in [6, 6.07) is 12.3. The molecule has 0 N–H and O–H groups in total. The molecule has 2 unspecified atom stereocenters. The van der Waals surface area contributed by atoms with Crippen LogP contribution in [0.5, 0.6) is 0 Å². The standard InChI is InChI=1S/C22H24FN3O/c23-21-10-7-16(14-24-21)17-12-18-8-9-19(13-17)26(18)22(27)25-11-3-5-15-4-1-2-6-20(15)25/h1-2,4,6-7,10,14,17-19H,3,5,8-9,11-13H2. The second-order valence-electron chi connectivity index (χ2n) is 8.04. The summed E-state index contributed by atoms with van der Waals surface area (Å²) in [5.74, 6) is -0.0635. The van der Waals surface area contributed by atoms with E-state index in [0.717, 1.165) is 56.3 Å². The summed E-state index contributed by atoms with van der Waals surface area (Å²) in [5.41, 5.74) is 3.46. The van der Waals surface area contributed by atoms with Gasteiger partial charge in [0.05, 0.1) is 0 Å². The van der Waals surface area contributed by atoms with Crippen LogP contribution in [0.3, 0.4) is 0 Å². The third-order valence-corrected chi connectivity index (χ3v) is 6.52. The molecule has 3 aliphatic rings. The van der Waals surface area contributed by atoms with Gasteiger partial charge in [0.25, 0.3) is 0 Å². The molecule has 5 heteroatoms. The summed E-state index contributed by atoms with van der Waals surface area (Å²) in [6.07, 6.45) is 7.77. The van der Waals surface area contributed by atoms with Crippen LogP contribution in [0.1, 0.15) is 49.1 Å². The average molecular weight is 365 g/mol. The number of carbonyl (C=O) groups excluding carboxylic acids is 1. The first-order chi connectivity index (χ1) is 13.2. The van der Waals surface area contributed by atoms with Crippen molar-refractivity contribution in [2.75, 3.05) is 11.4 Å². The van der Waals surface area contributed by atoms with E-state index in [1.807, 2.05) is 17.0 Å². The van der Waals surface area contributed by atoms with Crippen molar-refractivity contribution in [2.45, 2.75) is 56.5 Å². The van der Waals surface area contributed by atoms with Crippen molar-refractivity contribution < 1.29 is 9.18 Å². The molecule has 140 valence electrons. The van der Waals surface area contributed by atoms with E-state index in [-0.39, 0.29) is 18.1 Å². The molecule has 3 aliphatic heterocycles. The second kappa shape index (κ2) is 6.63. The van der Waals surface area contributed by atoms with Crippen LogP contribution in [0, 0.1) is 5.95 Å². The van der Waals surface area contributed by atoms with Gasteiger partial charge in [-0.2, -0.15) is 4.39 Å². The molecule has 0 radical (unpaired) electrons. The fourth-order valence-corrected chi connectivity index (χ4v) is 5.26. The number of anilines is 1. The number of para-hydroxylation sites is 1. The van der Waals surface area contributed by atoms with Gasteiger partial charge in [-0.1, -0.05) is 24.3 Å². The SMILES string of the molecule is O=C(N1CCCc2ccccc21)N1C2CCC1CC(c1ccc(F)nc1)C2. The Kier molecular flexibility index (Phi) is 4.10. The number of halogens is 1. The van der Waals surface area contributed by atoms with Gasteiger partial charge in [0.2, 0.25) is 5.95 Å². The van der Waals surface area contributed by atoms with Gasteiger partial charge in [0.1, 0.15) is 0 Å². The maximum absolute atomic E-state index is 13.5. The molecule has 27 heavy (non-hydrogen) atoms. The van der Waals surface area contributed by atoms with Crippen LogP contribution in [0.15, 0.2) is 42.6 Å². The van der Waals surface area contributed by atoms with Crippen LogP contribution in [-0.2, 0) is 6.42 Å². The highest BCUT2D eigenvalue weighted by atomic mass is 19.1. The van der Waals surface area contributed by atoms with E-state index in [0.29, 0.717) is 5.92 Å². The number of hydrogen-bond donors (Lipinski definition) is 0. The van der Waals surface area contributed by atoms with Crippen LogP contribution in [0.4, 0.5) is 14.9 Å². The fourth-order valence-electron chi connectivity index (χ4n) is 5.26. The second-order valence-corrected chi connectivity index (χ2v) is 8.04. The Morgan fingerprint density at radius 2 is 1.85 bits per heavy atom. The van der Waals surface area contributed by atoms with Crippen LogP contribution >= 0.6 is 0 Å². The Morgan fingerprint density at radius 3 is 2.59 bits per heavy atom. The third-order valence-electron chi connectivity index (χ3n) is 6.52. The van der Waals surface area contributed by atoms with E-state index in [1.165, 1.54) is 11.6 Å². The Morgan fingerprint density at radius 1 is 1.07 bits per heavy atom. The van der Waals surface area contributed by atoms with Gasteiger partial charge >= 0.3 is 6.03 Å². The van der Waals surface area contributed by atoms with Crippen LogP contribution in [0.2, 0.25) is 0 Å². The summed E-state index contributed by atoms with van der Waals surface area (Å²) in [4.78, 5) is 21.4. The molecule has 1 aromatic carbocycles. The summed E-state index contributed by atoms with van der Waals surface area (Å²) in [5, 5.41) is 0. The van der Waals surface area contributed by atoms with Gasteiger partial charge in [-0.25, -0.2) is 9.78 Å². The number of amides is 2. The van der Waals surface area contributed by atoms with Gasteiger partial charge in [0.15, 0.2) is 0 Å². The van der Waals surface area contributed by atoms with Crippen LogP contribution < -0.4 is 4.90 Å². The zero-order valence-corrected chi connectivity index (χ0v) is 15.4. The number of urea groups is 1. The number of carbonyl (C=O) groups is 1. The fraction of sp³-hybridized carbons (Fsp3) is 0.455. The van der Waals surface area contributed by atoms with E-state index in [9.17, 15) is 9.18 Å². The van der Waals surface area contributed by atoms with Crippen LogP contribution in [-0.4, -0.2) is 34.5 Å². The van der Waals surface area contributed by atoms with Gasteiger partial charge in [-0.05, 0) is 67.7 Å². The highest BCUT2D eigenvalue weighted by Crippen LogP contribution is 2.44. The quantitative estimate of drug-likeness (QED) is 0.698. The lowest BCUT2D eigenvalue weighted by Crippen LogP contribution is -2.53. The molecule has 5 rings (SSSR count).